The Balaban J connectivity index is 2.16. The molecule has 1 heterocycles. The predicted octanol–water partition coefficient (Wildman–Crippen LogP) is 2.29. The number of hydrogen-bond acceptors (Lipinski definition) is 3. The molecule has 0 saturated carbocycles. The predicted molar refractivity (Wildman–Crippen MR) is 91.3 cm³/mol. The lowest BCUT2D eigenvalue weighted by atomic mass is 10.1. The zero-order valence-electron chi connectivity index (χ0n) is 14.1. The van der Waals surface area contributed by atoms with Gasteiger partial charge >= 0.3 is 0 Å². The van der Waals surface area contributed by atoms with Crippen LogP contribution < -0.4 is 5.32 Å². The van der Waals surface area contributed by atoms with Gasteiger partial charge in [-0.25, -0.2) is 0 Å². The second-order valence-electron chi connectivity index (χ2n) is 6.19. The van der Waals surface area contributed by atoms with Crippen LogP contribution in [0.25, 0.3) is 10.9 Å². The molecule has 0 saturated heterocycles. The Morgan fingerprint density at radius 1 is 1.23 bits per heavy atom. The first-order chi connectivity index (χ1) is 10.5. The number of aromatic nitrogens is 1. The van der Waals surface area contributed by atoms with Gasteiger partial charge in [0.25, 0.3) is 0 Å². The van der Waals surface area contributed by atoms with Gasteiger partial charge in [0.05, 0.1) is 19.3 Å². The summed E-state index contributed by atoms with van der Waals surface area (Å²) in [5.74, 6) is 0. The molecule has 1 aromatic carbocycles. The van der Waals surface area contributed by atoms with Crippen LogP contribution in [-0.2, 0) is 6.54 Å². The van der Waals surface area contributed by atoms with Gasteiger partial charge in [0.1, 0.15) is 0 Å². The van der Waals surface area contributed by atoms with E-state index in [0.29, 0.717) is 13.1 Å². The van der Waals surface area contributed by atoms with E-state index in [-0.39, 0.29) is 12.6 Å². The molecule has 0 aliphatic carbocycles. The van der Waals surface area contributed by atoms with Crippen molar-refractivity contribution in [3.8, 4) is 0 Å². The van der Waals surface area contributed by atoms with Crippen LogP contribution in [0, 0.1) is 20.8 Å². The van der Waals surface area contributed by atoms with Crippen molar-refractivity contribution < 1.29 is 10.2 Å². The zero-order valence-corrected chi connectivity index (χ0v) is 14.1. The highest BCUT2D eigenvalue weighted by Crippen LogP contribution is 2.26. The first kappa shape index (κ1) is 17.0. The standard InChI is InChI=1S/C18H28N2O2/c1-5-15(11-21)19-9-16(22)10-20-14(4)13(3)17-8-12(2)6-7-18(17)20/h6-8,15-16,19,21-22H,5,9-11H2,1-4H3/t15-,16-/m1/s1. The Morgan fingerprint density at radius 3 is 2.59 bits per heavy atom. The van der Waals surface area contributed by atoms with E-state index < -0.39 is 6.10 Å². The Kier molecular flexibility index (Phi) is 5.62. The minimum Gasteiger partial charge on any atom is -0.395 e. The molecule has 1 aromatic heterocycles. The van der Waals surface area contributed by atoms with Crippen LogP contribution in [0.1, 0.15) is 30.2 Å². The Morgan fingerprint density at radius 2 is 1.95 bits per heavy atom. The monoisotopic (exact) mass is 304 g/mol. The number of aryl methyl sites for hydroxylation is 2. The maximum Gasteiger partial charge on any atom is 0.0843 e. The number of nitrogens with zero attached hydrogens (tertiary/aromatic N) is 1. The zero-order chi connectivity index (χ0) is 16.3. The van der Waals surface area contributed by atoms with Gasteiger partial charge in [0.2, 0.25) is 0 Å². The highest BCUT2D eigenvalue weighted by molar-refractivity contribution is 5.85. The molecule has 0 fully saturated rings. The van der Waals surface area contributed by atoms with Gasteiger partial charge in [-0.05, 0) is 44.9 Å². The van der Waals surface area contributed by atoms with Crippen molar-refractivity contribution >= 4 is 10.9 Å². The molecule has 3 N–H and O–H groups in total. The van der Waals surface area contributed by atoms with Gasteiger partial charge in [-0.1, -0.05) is 18.6 Å². The molecule has 4 nitrogen and oxygen atoms in total. The first-order valence-electron chi connectivity index (χ1n) is 8.06. The van der Waals surface area contributed by atoms with Crippen LogP contribution in [0.4, 0.5) is 0 Å². The van der Waals surface area contributed by atoms with Gasteiger partial charge in [-0.3, -0.25) is 0 Å². The molecule has 0 radical (unpaired) electrons. The van der Waals surface area contributed by atoms with E-state index in [9.17, 15) is 10.2 Å². The number of rotatable bonds is 7. The molecular weight excluding hydrogens is 276 g/mol. The second-order valence-corrected chi connectivity index (χ2v) is 6.19. The summed E-state index contributed by atoms with van der Waals surface area (Å²) in [7, 11) is 0. The lowest BCUT2D eigenvalue weighted by Gasteiger charge is -2.19. The van der Waals surface area contributed by atoms with E-state index in [1.165, 1.54) is 27.7 Å². The number of aliphatic hydroxyl groups excluding tert-OH is 2. The van der Waals surface area contributed by atoms with Crippen LogP contribution in [0.15, 0.2) is 18.2 Å². The third kappa shape index (κ3) is 3.51. The van der Waals surface area contributed by atoms with E-state index >= 15 is 0 Å². The van der Waals surface area contributed by atoms with Crippen LogP contribution in [0.2, 0.25) is 0 Å². The summed E-state index contributed by atoms with van der Waals surface area (Å²) in [4.78, 5) is 0. The van der Waals surface area contributed by atoms with E-state index in [1.54, 1.807) is 0 Å². The van der Waals surface area contributed by atoms with E-state index in [4.69, 9.17) is 0 Å². The van der Waals surface area contributed by atoms with Crippen LogP contribution in [0.5, 0.6) is 0 Å². The van der Waals surface area contributed by atoms with Crippen LogP contribution >= 0.6 is 0 Å². The summed E-state index contributed by atoms with van der Waals surface area (Å²) in [5.41, 5.74) is 4.91. The molecule has 0 spiro atoms. The lowest BCUT2D eigenvalue weighted by Crippen LogP contribution is -2.39. The third-order valence-corrected chi connectivity index (χ3v) is 4.54. The fourth-order valence-electron chi connectivity index (χ4n) is 2.91. The smallest absolute Gasteiger partial charge is 0.0843 e. The maximum atomic E-state index is 10.3. The summed E-state index contributed by atoms with van der Waals surface area (Å²) in [6.07, 6.45) is 0.378. The van der Waals surface area contributed by atoms with Gasteiger partial charge in [-0.2, -0.15) is 0 Å². The number of benzene rings is 1. The Bertz CT molecular complexity index is 630. The van der Waals surface area contributed by atoms with Crippen molar-refractivity contribution in [2.75, 3.05) is 13.2 Å². The van der Waals surface area contributed by atoms with Crippen molar-refractivity contribution in [3.05, 3.63) is 35.0 Å². The molecule has 2 atom stereocenters. The summed E-state index contributed by atoms with van der Waals surface area (Å²) >= 11 is 0. The number of hydrogen-bond donors (Lipinski definition) is 3. The number of aliphatic hydroxyl groups is 2. The number of fused-ring (bicyclic) bond motifs is 1. The molecule has 22 heavy (non-hydrogen) atoms. The van der Waals surface area contributed by atoms with E-state index in [2.05, 4.69) is 48.9 Å². The largest absolute Gasteiger partial charge is 0.395 e. The first-order valence-corrected chi connectivity index (χ1v) is 8.06. The molecule has 2 aromatic rings. The lowest BCUT2D eigenvalue weighted by molar-refractivity contribution is 0.139. The highest BCUT2D eigenvalue weighted by atomic mass is 16.3. The second kappa shape index (κ2) is 7.27. The van der Waals surface area contributed by atoms with Gasteiger partial charge in [0.15, 0.2) is 0 Å². The minimum atomic E-state index is -0.476. The van der Waals surface area contributed by atoms with Crippen molar-refractivity contribution in [1.29, 1.82) is 0 Å². The molecular formula is C18H28N2O2. The third-order valence-electron chi connectivity index (χ3n) is 4.54. The molecule has 0 unspecified atom stereocenters. The normalized spacial score (nSPS) is 14.5. The molecule has 4 heteroatoms. The van der Waals surface area contributed by atoms with Gasteiger partial charge in [-0.15, -0.1) is 0 Å². The quantitative estimate of drug-likeness (QED) is 0.735. The highest BCUT2D eigenvalue weighted by Gasteiger charge is 2.15. The molecule has 122 valence electrons. The van der Waals surface area contributed by atoms with Crippen LogP contribution in [-0.4, -0.2) is 40.1 Å². The molecule has 0 amide bonds. The van der Waals surface area contributed by atoms with Crippen LogP contribution in [0.3, 0.4) is 0 Å². The van der Waals surface area contributed by atoms with E-state index in [0.717, 1.165) is 6.42 Å². The topological polar surface area (TPSA) is 57.4 Å². The molecule has 2 rings (SSSR count). The van der Waals surface area contributed by atoms with Gasteiger partial charge < -0.3 is 20.1 Å². The van der Waals surface area contributed by atoms with Crippen molar-refractivity contribution in [1.82, 2.24) is 9.88 Å². The SMILES string of the molecule is CC[C@H](CO)NC[C@@H](O)Cn1c(C)c(C)c2cc(C)ccc21. The maximum absolute atomic E-state index is 10.3. The summed E-state index contributed by atoms with van der Waals surface area (Å²) in [6, 6.07) is 6.51. The minimum absolute atomic E-state index is 0.0570. The summed E-state index contributed by atoms with van der Waals surface area (Å²) in [6.45, 7) is 9.52. The fourth-order valence-corrected chi connectivity index (χ4v) is 2.91. The average Bonchev–Trinajstić information content (AvgIpc) is 2.73. The molecule has 0 aliphatic heterocycles. The van der Waals surface area contributed by atoms with Crippen molar-refractivity contribution in [2.24, 2.45) is 0 Å². The summed E-state index contributed by atoms with van der Waals surface area (Å²) in [5, 5.41) is 24.0. The van der Waals surface area contributed by atoms with Gasteiger partial charge in [0, 0.05) is 29.2 Å². The Labute approximate surface area is 132 Å². The average molecular weight is 304 g/mol. The molecule has 0 bridgehead atoms. The number of nitrogens with one attached hydrogen (secondary N) is 1. The Hall–Kier alpha value is -1.36. The van der Waals surface area contributed by atoms with Crippen molar-refractivity contribution in [3.63, 3.8) is 0 Å². The summed E-state index contributed by atoms with van der Waals surface area (Å²) < 4.78 is 2.19. The van der Waals surface area contributed by atoms with Crippen molar-refractivity contribution in [2.45, 2.75) is 52.8 Å². The fraction of sp³-hybridized carbons (Fsp3) is 0.556. The van der Waals surface area contributed by atoms with E-state index in [1.807, 2.05) is 6.92 Å². The molecule has 0 aliphatic rings.